The van der Waals surface area contributed by atoms with Crippen LogP contribution in [0.4, 0.5) is 20.2 Å². The molecule has 2 N–H and O–H groups in total. The minimum atomic E-state index is -3.19. The third kappa shape index (κ3) is 2.33. The Bertz CT molecular complexity index is 470. The van der Waals surface area contributed by atoms with Crippen molar-refractivity contribution in [2.75, 3.05) is 5.73 Å². The van der Waals surface area contributed by atoms with Crippen LogP contribution in [0.5, 0.6) is 5.75 Å². The van der Waals surface area contributed by atoms with Crippen molar-refractivity contribution in [3.63, 3.8) is 0 Å². The van der Waals surface area contributed by atoms with Gasteiger partial charge in [0.25, 0.3) is 5.69 Å². The van der Waals surface area contributed by atoms with Gasteiger partial charge in [0.05, 0.1) is 16.7 Å². The van der Waals surface area contributed by atoms with E-state index in [4.69, 9.17) is 11.0 Å². The summed E-state index contributed by atoms with van der Waals surface area (Å²) in [6, 6.07) is 3.15. The monoisotopic (exact) mass is 229 g/mol. The van der Waals surface area contributed by atoms with Crippen LogP contribution < -0.4 is 10.5 Å². The summed E-state index contributed by atoms with van der Waals surface area (Å²) in [5.41, 5.74) is 4.13. The summed E-state index contributed by atoms with van der Waals surface area (Å²) in [7, 11) is 0. The van der Waals surface area contributed by atoms with Gasteiger partial charge in [0.2, 0.25) is 0 Å². The molecule has 0 radical (unpaired) electrons. The molecule has 0 aliphatic carbocycles. The van der Waals surface area contributed by atoms with Crippen LogP contribution in [0.15, 0.2) is 12.1 Å². The van der Waals surface area contributed by atoms with E-state index in [0.29, 0.717) is 0 Å². The van der Waals surface area contributed by atoms with Crippen LogP contribution in [-0.4, -0.2) is 11.5 Å². The Morgan fingerprint density at radius 1 is 1.56 bits per heavy atom. The van der Waals surface area contributed by atoms with Gasteiger partial charge in [-0.05, 0) is 0 Å². The van der Waals surface area contributed by atoms with Gasteiger partial charge in [0.1, 0.15) is 11.6 Å². The number of ether oxygens (including phenoxy) is 1. The highest BCUT2D eigenvalue weighted by Crippen LogP contribution is 2.30. The first-order valence-corrected chi connectivity index (χ1v) is 3.88. The minimum Gasteiger partial charge on any atom is -0.433 e. The van der Waals surface area contributed by atoms with Gasteiger partial charge in [-0.1, -0.05) is 0 Å². The Balaban J connectivity index is 3.32. The van der Waals surface area contributed by atoms with Crippen LogP contribution in [0.3, 0.4) is 0 Å². The second kappa shape index (κ2) is 4.39. The fourth-order valence-corrected chi connectivity index (χ4v) is 1.04. The van der Waals surface area contributed by atoms with Crippen LogP contribution in [0.1, 0.15) is 5.56 Å². The summed E-state index contributed by atoms with van der Waals surface area (Å²) in [6.07, 6.45) is 0. The molecule has 16 heavy (non-hydrogen) atoms. The van der Waals surface area contributed by atoms with Gasteiger partial charge in [-0.3, -0.25) is 10.1 Å². The summed E-state index contributed by atoms with van der Waals surface area (Å²) in [6.45, 7) is -3.19. The topological polar surface area (TPSA) is 102 Å². The predicted molar refractivity (Wildman–Crippen MR) is 48.9 cm³/mol. The summed E-state index contributed by atoms with van der Waals surface area (Å²) >= 11 is 0. The van der Waals surface area contributed by atoms with Crippen molar-refractivity contribution in [1.29, 1.82) is 5.26 Å². The summed E-state index contributed by atoms with van der Waals surface area (Å²) in [4.78, 5) is 9.59. The highest BCUT2D eigenvalue weighted by atomic mass is 19.3. The number of anilines is 1. The maximum absolute atomic E-state index is 12.0. The fraction of sp³-hybridized carbons (Fsp3) is 0.125. The Labute approximate surface area is 88.0 Å². The number of benzene rings is 1. The van der Waals surface area contributed by atoms with E-state index < -0.39 is 23.0 Å². The molecule has 1 aromatic carbocycles. The smallest absolute Gasteiger partial charge is 0.387 e. The van der Waals surface area contributed by atoms with Crippen LogP contribution in [0, 0.1) is 21.4 Å². The van der Waals surface area contributed by atoms with E-state index in [9.17, 15) is 18.9 Å². The highest BCUT2D eigenvalue weighted by Gasteiger charge is 2.18. The first-order chi connectivity index (χ1) is 7.45. The second-order valence-electron chi connectivity index (χ2n) is 2.66. The van der Waals surface area contributed by atoms with E-state index in [1.807, 2.05) is 0 Å². The number of nitrogen functional groups attached to an aromatic ring is 1. The average molecular weight is 229 g/mol. The molecule has 0 aromatic heterocycles. The molecule has 0 aliphatic rings. The van der Waals surface area contributed by atoms with Gasteiger partial charge in [0.15, 0.2) is 5.75 Å². The number of non-ortho nitro benzene ring substituents is 1. The van der Waals surface area contributed by atoms with Gasteiger partial charge < -0.3 is 10.5 Å². The largest absolute Gasteiger partial charge is 0.433 e. The number of halogens is 2. The minimum absolute atomic E-state index is 0.285. The van der Waals surface area contributed by atoms with Crippen molar-refractivity contribution in [2.24, 2.45) is 0 Å². The molecule has 0 aliphatic heterocycles. The number of alkyl halides is 2. The molecule has 0 saturated heterocycles. The van der Waals surface area contributed by atoms with Gasteiger partial charge in [-0.25, -0.2) is 0 Å². The molecular weight excluding hydrogens is 224 g/mol. The quantitative estimate of drug-likeness (QED) is 0.482. The lowest BCUT2D eigenvalue weighted by molar-refractivity contribution is -0.384. The number of hydrogen-bond donors (Lipinski definition) is 1. The zero-order valence-electron chi connectivity index (χ0n) is 7.68. The van der Waals surface area contributed by atoms with E-state index in [2.05, 4.69) is 4.74 Å². The number of nitro benzene ring substituents is 1. The fourth-order valence-electron chi connectivity index (χ4n) is 1.04. The molecule has 8 heteroatoms. The van der Waals surface area contributed by atoms with Crippen LogP contribution in [0.2, 0.25) is 0 Å². The third-order valence-corrected chi connectivity index (χ3v) is 1.66. The normalized spacial score (nSPS) is 9.88. The molecule has 84 valence electrons. The summed E-state index contributed by atoms with van der Waals surface area (Å²) in [5, 5.41) is 19.0. The maximum Gasteiger partial charge on any atom is 0.387 e. The van der Waals surface area contributed by atoms with E-state index in [0.717, 1.165) is 12.1 Å². The predicted octanol–water partition coefficient (Wildman–Crippen LogP) is 1.65. The first-order valence-electron chi connectivity index (χ1n) is 3.88. The Morgan fingerprint density at radius 2 is 2.19 bits per heavy atom. The molecule has 0 spiro atoms. The second-order valence-corrected chi connectivity index (χ2v) is 2.66. The molecule has 0 bridgehead atoms. The Kier molecular flexibility index (Phi) is 3.20. The number of nitriles is 1. The van der Waals surface area contributed by atoms with Gasteiger partial charge in [-0.15, -0.1) is 0 Å². The average Bonchev–Trinajstić information content (AvgIpc) is 2.16. The molecule has 1 rings (SSSR count). The molecule has 0 unspecified atom stereocenters. The molecule has 1 aromatic rings. The number of rotatable bonds is 3. The van der Waals surface area contributed by atoms with E-state index >= 15 is 0 Å². The lowest BCUT2D eigenvalue weighted by Gasteiger charge is -2.07. The van der Waals surface area contributed by atoms with E-state index in [1.165, 1.54) is 6.07 Å². The number of nitrogens with two attached hydrogens (primary N) is 1. The van der Waals surface area contributed by atoms with Gasteiger partial charge in [0, 0.05) is 6.07 Å². The lowest BCUT2D eigenvalue weighted by Crippen LogP contribution is -2.06. The standard InChI is InChI=1S/C8H5F2N3O3/c9-8(10)16-7-2-4(13(14)15)1-6(12)5(7)3-11/h1-2,8H,12H2. The molecular formula is C8H5F2N3O3. The van der Waals surface area contributed by atoms with Crippen molar-refractivity contribution in [2.45, 2.75) is 6.61 Å². The van der Waals surface area contributed by atoms with Crippen molar-refractivity contribution < 1.29 is 18.4 Å². The van der Waals surface area contributed by atoms with Gasteiger partial charge in [-0.2, -0.15) is 14.0 Å². The Hall–Kier alpha value is -2.43. The zero-order chi connectivity index (χ0) is 12.3. The highest BCUT2D eigenvalue weighted by molar-refractivity contribution is 5.66. The molecule has 0 fully saturated rings. The lowest BCUT2D eigenvalue weighted by atomic mass is 10.1. The maximum atomic E-state index is 12.0. The zero-order valence-corrected chi connectivity index (χ0v) is 7.68. The van der Waals surface area contributed by atoms with Gasteiger partial charge >= 0.3 is 6.61 Å². The molecule has 0 saturated carbocycles. The first kappa shape index (κ1) is 11.6. The number of hydrogen-bond acceptors (Lipinski definition) is 5. The third-order valence-electron chi connectivity index (χ3n) is 1.66. The molecule has 0 atom stereocenters. The SMILES string of the molecule is N#Cc1c(N)cc([N+](=O)[O-])cc1OC(F)F. The number of nitrogens with zero attached hydrogens (tertiary/aromatic N) is 2. The van der Waals surface area contributed by atoms with Crippen molar-refractivity contribution in [3.05, 3.63) is 27.8 Å². The molecule has 0 amide bonds. The van der Waals surface area contributed by atoms with Crippen LogP contribution >= 0.6 is 0 Å². The van der Waals surface area contributed by atoms with Crippen molar-refractivity contribution in [1.82, 2.24) is 0 Å². The molecule has 6 nitrogen and oxygen atoms in total. The summed E-state index contributed by atoms with van der Waals surface area (Å²) < 4.78 is 27.9. The van der Waals surface area contributed by atoms with Crippen LogP contribution in [-0.2, 0) is 0 Å². The number of nitro groups is 1. The van der Waals surface area contributed by atoms with Crippen molar-refractivity contribution in [3.8, 4) is 11.8 Å². The van der Waals surface area contributed by atoms with Crippen molar-refractivity contribution >= 4 is 11.4 Å². The summed E-state index contributed by atoms with van der Waals surface area (Å²) in [5.74, 6) is -0.607. The molecule has 0 heterocycles. The Morgan fingerprint density at radius 3 is 2.62 bits per heavy atom. The van der Waals surface area contributed by atoms with Crippen LogP contribution in [0.25, 0.3) is 0 Å². The van der Waals surface area contributed by atoms with E-state index in [-0.39, 0.29) is 11.3 Å². The van der Waals surface area contributed by atoms with E-state index in [1.54, 1.807) is 0 Å².